The lowest BCUT2D eigenvalue weighted by Gasteiger charge is -2.25. The smallest absolute Gasteiger partial charge is 0.159 e. The summed E-state index contributed by atoms with van der Waals surface area (Å²) in [5.74, 6) is 0.815. The van der Waals surface area contributed by atoms with Gasteiger partial charge in [-0.15, -0.1) is 0 Å². The molecule has 2 atom stereocenters. The predicted octanol–water partition coefficient (Wildman–Crippen LogP) is 3.27. The number of aliphatic hydroxyl groups is 1. The number of hydrogen-bond donors (Lipinski definition) is 1. The van der Waals surface area contributed by atoms with Gasteiger partial charge >= 0.3 is 0 Å². The van der Waals surface area contributed by atoms with E-state index in [1.165, 1.54) is 5.57 Å². The average Bonchev–Trinajstić information content (AvgIpc) is 2.28. The normalized spacial score (nSPS) is 22.0. The van der Waals surface area contributed by atoms with Crippen molar-refractivity contribution in [3.05, 3.63) is 23.3 Å². The molecule has 0 aromatic heterocycles. The fraction of sp³-hybridized carbons (Fsp3) is 0.667. The highest BCUT2D eigenvalue weighted by Gasteiger charge is 2.26. The summed E-state index contributed by atoms with van der Waals surface area (Å²) < 4.78 is 0. The highest BCUT2D eigenvalue weighted by molar-refractivity contribution is 5.93. The molecule has 1 N–H and O–H groups in total. The minimum Gasteiger partial charge on any atom is -0.392 e. The van der Waals surface area contributed by atoms with Crippen LogP contribution >= 0.6 is 0 Å². The van der Waals surface area contributed by atoms with Crippen LogP contribution in [-0.4, -0.2) is 17.5 Å². The molecule has 0 radical (unpaired) electrons. The third-order valence-electron chi connectivity index (χ3n) is 3.55. The van der Waals surface area contributed by atoms with E-state index in [2.05, 4.69) is 26.8 Å². The molecule has 1 rings (SSSR count). The second-order valence-electron chi connectivity index (χ2n) is 5.34. The summed E-state index contributed by atoms with van der Waals surface area (Å²) in [6.07, 6.45) is 7.80. The van der Waals surface area contributed by atoms with Gasteiger partial charge in [0.2, 0.25) is 0 Å². The van der Waals surface area contributed by atoms with Crippen molar-refractivity contribution in [1.29, 1.82) is 0 Å². The van der Waals surface area contributed by atoms with E-state index in [4.69, 9.17) is 5.11 Å². The Hall–Kier alpha value is -0.890. The largest absolute Gasteiger partial charge is 0.392 e. The number of carbonyl (C=O) groups is 1. The Bertz CT molecular complexity index is 322. The lowest BCUT2D eigenvalue weighted by Crippen LogP contribution is -2.24. The molecule has 1 aliphatic rings. The van der Waals surface area contributed by atoms with Gasteiger partial charge in [0.05, 0.1) is 6.61 Å². The standard InChI is InChI=1S/C15H24O2/c1-11(2)5-4-6-12(3)14-8-7-13(10-16)9-15(14)17/h5,9,12,14,16H,4,6-8,10H2,1-3H3. The first kappa shape index (κ1) is 14.2. The molecular formula is C15H24O2. The SMILES string of the molecule is CC(C)=CCCC(C)C1CCC(CO)=CC1=O. The maximum atomic E-state index is 11.9. The van der Waals surface area contributed by atoms with Crippen molar-refractivity contribution in [2.45, 2.75) is 46.5 Å². The lowest BCUT2D eigenvalue weighted by atomic mass is 9.79. The van der Waals surface area contributed by atoms with Gasteiger partial charge in [0.15, 0.2) is 5.78 Å². The lowest BCUT2D eigenvalue weighted by molar-refractivity contribution is -0.120. The molecule has 0 aliphatic heterocycles. The third-order valence-corrected chi connectivity index (χ3v) is 3.55. The quantitative estimate of drug-likeness (QED) is 0.744. The van der Waals surface area contributed by atoms with E-state index in [1.807, 2.05) is 0 Å². The molecule has 0 saturated carbocycles. The van der Waals surface area contributed by atoms with Crippen molar-refractivity contribution in [1.82, 2.24) is 0 Å². The molecule has 0 bridgehead atoms. The van der Waals surface area contributed by atoms with Gasteiger partial charge in [-0.1, -0.05) is 18.6 Å². The summed E-state index contributed by atoms with van der Waals surface area (Å²) in [6.45, 7) is 6.41. The predicted molar refractivity (Wildman–Crippen MR) is 70.7 cm³/mol. The first-order valence-corrected chi connectivity index (χ1v) is 6.52. The second kappa shape index (κ2) is 6.75. The van der Waals surface area contributed by atoms with Crippen molar-refractivity contribution in [2.75, 3.05) is 6.61 Å². The summed E-state index contributed by atoms with van der Waals surface area (Å²) in [5.41, 5.74) is 2.23. The first-order chi connectivity index (χ1) is 8.04. The molecule has 0 spiro atoms. The van der Waals surface area contributed by atoms with Crippen LogP contribution in [0.4, 0.5) is 0 Å². The summed E-state index contributed by atoms with van der Waals surface area (Å²) in [7, 11) is 0. The number of rotatable bonds is 5. The number of hydrogen-bond acceptors (Lipinski definition) is 2. The second-order valence-corrected chi connectivity index (χ2v) is 5.34. The molecule has 96 valence electrons. The molecule has 2 heteroatoms. The Morgan fingerprint density at radius 3 is 2.82 bits per heavy atom. The molecule has 0 heterocycles. The van der Waals surface area contributed by atoms with Crippen molar-refractivity contribution < 1.29 is 9.90 Å². The van der Waals surface area contributed by atoms with Gasteiger partial charge in [0.1, 0.15) is 0 Å². The topological polar surface area (TPSA) is 37.3 Å². The molecule has 0 aromatic rings. The Kier molecular flexibility index (Phi) is 5.63. The van der Waals surface area contributed by atoms with Gasteiger partial charge in [-0.05, 0) is 57.1 Å². The van der Waals surface area contributed by atoms with E-state index < -0.39 is 0 Å². The Balaban J connectivity index is 2.48. The molecular weight excluding hydrogens is 212 g/mol. The molecule has 0 saturated heterocycles. The van der Waals surface area contributed by atoms with Gasteiger partial charge < -0.3 is 5.11 Å². The zero-order valence-electron chi connectivity index (χ0n) is 11.2. The van der Waals surface area contributed by atoms with E-state index in [1.54, 1.807) is 6.08 Å². The summed E-state index contributed by atoms with van der Waals surface area (Å²) >= 11 is 0. The van der Waals surface area contributed by atoms with Crippen LogP contribution in [0.25, 0.3) is 0 Å². The fourth-order valence-electron chi connectivity index (χ4n) is 2.39. The molecule has 2 unspecified atom stereocenters. The van der Waals surface area contributed by atoms with E-state index in [-0.39, 0.29) is 18.3 Å². The molecule has 0 amide bonds. The van der Waals surface area contributed by atoms with Crippen LogP contribution in [0.15, 0.2) is 23.3 Å². The Labute approximate surface area is 104 Å². The van der Waals surface area contributed by atoms with E-state index in [0.29, 0.717) is 5.92 Å². The average molecular weight is 236 g/mol. The molecule has 0 aromatic carbocycles. The maximum Gasteiger partial charge on any atom is 0.159 e. The van der Waals surface area contributed by atoms with Crippen LogP contribution < -0.4 is 0 Å². The van der Waals surface area contributed by atoms with Gasteiger partial charge in [-0.2, -0.15) is 0 Å². The molecule has 1 aliphatic carbocycles. The zero-order valence-corrected chi connectivity index (χ0v) is 11.2. The number of ketones is 1. The van der Waals surface area contributed by atoms with Crippen LogP contribution in [0, 0.1) is 11.8 Å². The van der Waals surface area contributed by atoms with Crippen LogP contribution in [0.5, 0.6) is 0 Å². The van der Waals surface area contributed by atoms with Gasteiger partial charge in [-0.25, -0.2) is 0 Å². The van der Waals surface area contributed by atoms with Crippen molar-refractivity contribution in [3.8, 4) is 0 Å². The Morgan fingerprint density at radius 2 is 2.29 bits per heavy atom. The monoisotopic (exact) mass is 236 g/mol. The minimum atomic E-state index is 0.0323. The molecule has 0 fully saturated rings. The zero-order chi connectivity index (χ0) is 12.8. The van der Waals surface area contributed by atoms with E-state index in [9.17, 15) is 4.79 Å². The van der Waals surface area contributed by atoms with Gasteiger partial charge in [0.25, 0.3) is 0 Å². The van der Waals surface area contributed by atoms with Crippen molar-refractivity contribution in [2.24, 2.45) is 11.8 Å². The summed E-state index contributed by atoms with van der Waals surface area (Å²) in [4.78, 5) is 11.9. The van der Waals surface area contributed by atoms with Gasteiger partial charge in [-0.3, -0.25) is 4.79 Å². The minimum absolute atomic E-state index is 0.0323. The maximum absolute atomic E-state index is 11.9. The fourth-order valence-corrected chi connectivity index (χ4v) is 2.39. The highest BCUT2D eigenvalue weighted by atomic mass is 16.3. The highest BCUT2D eigenvalue weighted by Crippen LogP contribution is 2.29. The third kappa shape index (κ3) is 4.47. The summed E-state index contributed by atoms with van der Waals surface area (Å²) in [5, 5.41) is 9.01. The van der Waals surface area contributed by atoms with Crippen LogP contribution in [0.2, 0.25) is 0 Å². The van der Waals surface area contributed by atoms with Crippen LogP contribution in [0.3, 0.4) is 0 Å². The number of aliphatic hydroxyl groups excluding tert-OH is 1. The Morgan fingerprint density at radius 1 is 1.59 bits per heavy atom. The number of carbonyl (C=O) groups excluding carboxylic acids is 1. The number of allylic oxidation sites excluding steroid dienone is 3. The summed E-state index contributed by atoms with van der Waals surface area (Å²) in [6, 6.07) is 0. The van der Waals surface area contributed by atoms with Gasteiger partial charge in [0, 0.05) is 5.92 Å². The first-order valence-electron chi connectivity index (χ1n) is 6.52. The molecule has 17 heavy (non-hydrogen) atoms. The van der Waals surface area contributed by atoms with Crippen LogP contribution in [0.1, 0.15) is 46.5 Å². The van der Waals surface area contributed by atoms with E-state index >= 15 is 0 Å². The van der Waals surface area contributed by atoms with Crippen molar-refractivity contribution >= 4 is 5.78 Å². The van der Waals surface area contributed by atoms with E-state index in [0.717, 1.165) is 31.3 Å². The molecule has 2 nitrogen and oxygen atoms in total. The van der Waals surface area contributed by atoms with Crippen molar-refractivity contribution in [3.63, 3.8) is 0 Å². The van der Waals surface area contributed by atoms with Crippen LogP contribution in [-0.2, 0) is 4.79 Å².